The Morgan fingerprint density at radius 2 is 2.10 bits per heavy atom. The Morgan fingerprint density at radius 1 is 1.33 bits per heavy atom. The molecule has 2 rings (SSSR count). The van der Waals surface area contributed by atoms with E-state index in [-0.39, 0.29) is 11.3 Å². The molecule has 106 valence electrons. The first-order valence-electron chi connectivity index (χ1n) is 6.18. The Hall–Kier alpha value is -2.94. The normalized spacial score (nSPS) is 9.95. The number of benzene rings is 2. The zero-order chi connectivity index (χ0) is 15.4. The van der Waals surface area contributed by atoms with Crippen molar-refractivity contribution in [2.45, 2.75) is 13.5 Å². The van der Waals surface area contributed by atoms with E-state index >= 15 is 0 Å². The summed E-state index contributed by atoms with van der Waals surface area (Å²) in [7, 11) is 0. The van der Waals surface area contributed by atoms with Crippen molar-refractivity contribution in [1.82, 2.24) is 0 Å². The van der Waals surface area contributed by atoms with Crippen LogP contribution in [0.25, 0.3) is 0 Å². The van der Waals surface area contributed by atoms with Gasteiger partial charge in [0.1, 0.15) is 11.9 Å². The van der Waals surface area contributed by atoms with Crippen LogP contribution < -0.4 is 5.32 Å². The number of nitrogens with zero attached hydrogens (tertiary/aromatic N) is 2. The minimum Gasteiger partial charge on any atom is -0.381 e. The second-order valence-corrected chi connectivity index (χ2v) is 4.54. The largest absolute Gasteiger partial charge is 0.381 e. The van der Waals surface area contributed by atoms with E-state index in [1.165, 1.54) is 24.3 Å². The van der Waals surface area contributed by atoms with E-state index in [0.717, 1.165) is 16.8 Å². The van der Waals surface area contributed by atoms with Gasteiger partial charge in [0.15, 0.2) is 0 Å². The summed E-state index contributed by atoms with van der Waals surface area (Å²) in [6.45, 7) is 2.16. The first-order valence-corrected chi connectivity index (χ1v) is 6.18. The van der Waals surface area contributed by atoms with Gasteiger partial charge in [-0.1, -0.05) is 6.07 Å². The predicted octanol–water partition coefficient (Wildman–Crippen LogP) is 3.53. The molecule has 0 fully saturated rings. The van der Waals surface area contributed by atoms with E-state index in [1.807, 2.05) is 0 Å². The molecule has 0 aliphatic rings. The van der Waals surface area contributed by atoms with Gasteiger partial charge in [0.2, 0.25) is 0 Å². The number of aryl methyl sites for hydroxylation is 1. The summed E-state index contributed by atoms with van der Waals surface area (Å²) in [5.74, 6) is -0.548. The maximum atomic E-state index is 13.2. The molecule has 21 heavy (non-hydrogen) atoms. The monoisotopic (exact) mass is 285 g/mol. The number of anilines is 1. The highest BCUT2D eigenvalue weighted by atomic mass is 19.1. The van der Waals surface area contributed by atoms with Gasteiger partial charge in [-0.05, 0) is 36.2 Å². The molecular formula is C15H12FN3O2. The van der Waals surface area contributed by atoms with Gasteiger partial charge >= 0.3 is 0 Å². The van der Waals surface area contributed by atoms with Gasteiger partial charge in [-0.15, -0.1) is 0 Å². The van der Waals surface area contributed by atoms with Crippen molar-refractivity contribution in [2.75, 3.05) is 5.32 Å². The maximum absolute atomic E-state index is 13.2. The second kappa shape index (κ2) is 6.01. The molecular weight excluding hydrogens is 273 g/mol. The quantitative estimate of drug-likeness (QED) is 0.688. The van der Waals surface area contributed by atoms with Gasteiger partial charge in [0.25, 0.3) is 5.69 Å². The summed E-state index contributed by atoms with van der Waals surface area (Å²) >= 11 is 0. The molecule has 0 amide bonds. The van der Waals surface area contributed by atoms with Crippen LogP contribution >= 0.6 is 0 Å². The van der Waals surface area contributed by atoms with Crippen LogP contribution in [-0.4, -0.2) is 4.92 Å². The van der Waals surface area contributed by atoms with Crippen LogP contribution in [0.4, 0.5) is 15.8 Å². The molecule has 0 unspecified atom stereocenters. The van der Waals surface area contributed by atoms with Crippen LogP contribution in [0, 0.1) is 34.2 Å². The molecule has 0 atom stereocenters. The van der Waals surface area contributed by atoms with Crippen molar-refractivity contribution in [3.8, 4) is 6.07 Å². The number of hydrogen-bond acceptors (Lipinski definition) is 4. The average Bonchev–Trinajstić information content (AvgIpc) is 2.47. The molecule has 0 aliphatic carbocycles. The molecule has 0 spiro atoms. The van der Waals surface area contributed by atoms with Gasteiger partial charge in [0, 0.05) is 24.4 Å². The lowest BCUT2D eigenvalue weighted by Crippen LogP contribution is -2.02. The zero-order valence-corrected chi connectivity index (χ0v) is 11.3. The Kier molecular flexibility index (Phi) is 4.14. The van der Waals surface area contributed by atoms with E-state index in [2.05, 4.69) is 5.32 Å². The van der Waals surface area contributed by atoms with Crippen molar-refractivity contribution in [3.05, 3.63) is 69.0 Å². The Labute approximate surface area is 120 Å². The van der Waals surface area contributed by atoms with Crippen LogP contribution in [0.5, 0.6) is 0 Å². The van der Waals surface area contributed by atoms with Gasteiger partial charge in [0.05, 0.1) is 10.5 Å². The molecule has 6 heteroatoms. The Balaban J connectivity index is 2.13. The van der Waals surface area contributed by atoms with Crippen LogP contribution in [0.2, 0.25) is 0 Å². The number of nitrogens with one attached hydrogen (secondary N) is 1. The molecule has 0 radical (unpaired) electrons. The molecule has 2 aromatic carbocycles. The van der Waals surface area contributed by atoms with Gasteiger partial charge in [-0.3, -0.25) is 10.1 Å². The van der Waals surface area contributed by atoms with Crippen LogP contribution in [0.3, 0.4) is 0 Å². The van der Waals surface area contributed by atoms with Gasteiger partial charge in [-0.25, -0.2) is 4.39 Å². The fraction of sp³-hybridized carbons (Fsp3) is 0.133. The van der Waals surface area contributed by atoms with E-state index in [1.54, 1.807) is 25.1 Å². The van der Waals surface area contributed by atoms with Crippen molar-refractivity contribution in [1.29, 1.82) is 5.26 Å². The highest BCUT2D eigenvalue weighted by Gasteiger charge is 2.08. The molecule has 0 aromatic heterocycles. The summed E-state index contributed by atoms with van der Waals surface area (Å²) in [5.41, 5.74) is 2.28. The number of halogens is 1. The van der Waals surface area contributed by atoms with E-state index < -0.39 is 10.7 Å². The summed E-state index contributed by atoms with van der Waals surface area (Å²) in [5, 5.41) is 22.6. The molecule has 2 aromatic rings. The van der Waals surface area contributed by atoms with Crippen LogP contribution in [0.1, 0.15) is 16.7 Å². The number of hydrogen-bond donors (Lipinski definition) is 1. The lowest BCUT2D eigenvalue weighted by molar-refractivity contribution is -0.384. The molecule has 0 bridgehead atoms. The van der Waals surface area contributed by atoms with Crippen LogP contribution in [-0.2, 0) is 6.54 Å². The first-order chi connectivity index (χ1) is 10.0. The molecule has 5 nitrogen and oxygen atoms in total. The predicted molar refractivity (Wildman–Crippen MR) is 76.3 cm³/mol. The van der Waals surface area contributed by atoms with Crippen molar-refractivity contribution >= 4 is 11.4 Å². The highest BCUT2D eigenvalue weighted by Crippen LogP contribution is 2.22. The number of rotatable bonds is 4. The van der Waals surface area contributed by atoms with E-state index in [9.17, 15) is 14.5 Å². The molecule has 0 saturated carbocycles. The fourth-order valence-electron chi connectivity index (χ4n) is 1.93. The third-order valence-electron chi connectivity index (χ3n) is 3.05. The maximum Gasteiger partial charge on any atom is 0.269 e. The van der Waals surface area contributed by atoms with Gasteiger partial charge in [-0.2, -0.15) is 5.26 Å². The second-order valence-electron chi connectivity index (χ2n) is 4.54. The Bertz CT molecular complexity index is 738. The average molecular weight is 285 g/mol. The number of nitriles is 1. The molecule has 1 N–H and O–H groups in total. The topological polar surface area (TPSA) is 79.0 Å². The fourth-order valence-corrected chi connectivity index (χ4v) is 1.93. The minimum absolute atomic E-state index is 0.00489. The van der Waals surface area contributed by atoms with E-state index in [0.29, 0.717) is 6.54 Å². The lowest BCUT2D eigenvalue weighted by atomic mass is 10.1. The van der Waals surface area contributed by atoms with Gasteiger partial charge < -0.3 is 5.32 Å². The SMILES string of the molecule is Cc1cc([N+](=O)[O-])ccc1NCc1ccc(F)c(C#N)c1. The summed E-state index contributed by atoms with van der Waals surface area (Å²) in [4.78, 5) is 10.2. The third kappa shape index (κ3) is 3.34. The molecule has 0 heterocycles. The van der Waals surface area contributed by atoms with Crippen molar-refractivity contribution in [2.24, 2.45) is 0 Å². The third-order valence-corrected chi connectivity index (χ3v) is 3.05. The van der Waals surface area contributed by atoms with Crippen molar-refractivity contribution < 1.29 is 9.31 Å². The lowest BCUT2D eigenvalue weighted by Gasteiger charge is -2.09. The van der Waals surface area contributed by atoms with Crippen LogP contribution in [0.15, 0.2) is 36.4 Å². The number of non-ortho nitro benzene ring substituents is 1. The summed E-state index contributed by atoms with van der Waals surface area (Å²) in [6.07, 6.45) is 0. The Morgan fingerprint density at radius 3 is 2.71 bits per heavy atom. The number of nitro groups is 1. The minimum atomic E-state index is -0.548. The summed E-state index contributed by atoms with van der Waals surface area (Å²) in [6, 6.07) is 10.6. The standard InChI is InChI=1S/C15H12FN3O2/c1-10-6-13(19(20)21)3-5-15(10)18-9-11-2-4-14(16)12(7-11)8-17/h2-7,18H,9H2,1H3. The first kappa shape index (κ1) is 14.5. The summed E-state index contributed by atoms with van der Waals surface area (Å²) < 4.78 is 13.2. The van der Waals surface area contributed by atoms with E-state index in [4.69, 9.17) is 5.26 Å². The van der Waals surface area contributed by atoms with Crippen molar-refractivity contribution in [3.63, 3.8) is 0 Å². The highest BCUT2D eigenvalue weighted by molar-refractivity contribution is 5.55. The molecule has 0 saturated heterocycles. The zero-order valence-electron chi connectivity index (χ0n) is 11.3. The smallest absolute Gasteiger partial charge is 0.269 e. The molecule has 0 aliphatic heterocycles. The number of nitro benzene ring substituents is 1.